The molecular formula is C16H26N2O2. The van der Waals surface area contributed by atoms with Crippen LogP contribution in [0.4, 0.5) is 0 Å². The number of benzene rings is 1. The lowest BCUT2D eigenvalue weighted by atomic mass is 10.1. The largest absolute Gasteiger partial charge is 0.497 e. The highest BCUT2D eigenvalue weighted by Gasteiger charge is 2.10. The van der Waals surface area contributed by atoms with Crippen molar-refractivity contribution >= 4 is 5.91 Å². The van der Waals surface area contributed by atoms with Crippen LogP contribution in [-0.2, 0) is 11.2 Å². The minimum Gasteiger partial charge on any atom is -0.497 e. The summed E-state index contributed by atoms with van der Waals surface area (Å²) in [6.45, 7) is 5.56. The molecule has 0 aliphatic carbocycles. The highest BCUT2D eigenvalue weighted by molar-refractivity contribution is 5.81. The van der Waals surface area contributed by atoms with E-state index in [0.717, 1.165) is 38.1 Å². The van der Waals surface area contributed by atoms with Gasteiger partial charge in [-0.1, -0.05) is 25.5 Å². The van der Waals surface area contributed by atoms with Gasteiger partial charge in [0.2, 0.25) is 5.91 Å². The van der Waals surface area contributed by atoms with E-state index < -0.39 is 0 Å². The standard InChI is InChI=1S/C16H26N2O2/c1-4-5-11-18-16(19)13(2)17-12-10-14-6-8-15(20-3)9-7-14/h6-9,13,17H,4-5,10-12H2,1-3H3,(H,18,19). The molecule has 1 aromatic carbocycles. The van der Waals surface area contributed by atoms with Crippen LogP contribution in [0.15, 0.2) is 24.3 Å². The molecule has 0 bridgehead atoms. The number of hydrogen-bond acceptors (Lipinski definition) is 3. The Morgan fingerprint density at radius 1 is 1.25 bits per heavy atom. The van der Waals surface area contributed by atoms with Crippen LogP contribution in [0.2, 0.25) is 0 Å². The Labute approximate surface area is 121 Å². The summed E-state index contributed by atoms with van der Waals surface area (Å²) >= 11 is 0. The number of unbranched alkanes of at least 4 members (excludes halogenated alkanes) is 1. The number of carbonyl (C=O) groups is 1. The van der Waals surface area contributed by atoms with Crippen molar-refractivity contribution in [1.29, 1.82) is 0 Å². The predicted octanol–water partition coefficient (Wildman–Crippen LogP) is 2.13. The molecule has 0 fully saturated rings. The van der Waals surface area contributed by atoms with E-state index in [0.29, 0.717) is 0 Å². The van der Waals surface area contributed by atoms with Crippen LogP contribution in [0.1, 0.15) is 32.3 Å². The highest BCUT2D eigenvalue weighted by Crippen LogP contribution is 2.11. The molecule has 112 valence electrons. The van der Waals surface area contributed by atoms with Crippen LogP contribution in [-0.4, -0.2) is 32.1 Å². The van der Waals surface area contributed by atoms with E-state index in [1.54, 1.807) is 7.11 Å². The summed E-state index contributed by atoms with van der Waals surface area (Å²) in [5.41, 5.74) is 1.23. The average Bonchev–Trinajstić information content (AvgIpc) is 2.48. The first kappa shape index (κ1) is 16.5. The molecule has 1 aromatic rings. The fourth-order valence-corrected chi connectivity index (χ4v) is 1.86. The molecule has 0 aliphatic heterocycles. The number of ether oxygens (including phenoxy) is 1. The number of carbonyl (C=O) groups excluding carboxylic acids is 1. The van der Waals surface area contributed by atoms with Gasteiger partial charge in [0.25, 0.3) is 0 Å². The summed E-state index contributed by atoms with van der Waals surface area (Å²) < 4.78 is 5.12. The van der Waals surface area contributed by atoms with E-state index in [-0.39, 0.29) is 11.9 Å². The summed E-state index contributed by atoms with van der Waals surface area (Å²) in [5.74, 6) is 0.943. The van der Waals surface area contributed by atoms with Crippen molar-refractivity contribution < 1.29 is 9.53 Å². The molecule has 0 saturated carbocycles. The Bertz CT molecular complexity index is 390. The second-order valence-corrected chi connectivity index (χ2v) is 4.92. The molecule has 4 heteroatoms. The molecular weight excluding hydrogens is 252 g/mol. The normalized spacial score (nSPS) is 11.9. The van der Waals surface area contributed by atoms with Crippen LogP contribution < -0.4 is 15.4 Å². The van der Waals surface area contributed by atoms with Crippen molar-refractivity contribution in [1.82, 2.24) is 10.6 Å². The lowest BCUT2D eigenvalue weighted by molar-refractivity contribution is -0.122. The Morgan fingerprint density at radius 3 is 2.55 bits per heavy atom. The SMILES string of the molecule is CCCCNC(=O)C(C)NCCc1ccc(OC)cc1. The molecule has 1 unspecified atom stereocenters. The molecule has 0 aliphatic rings. The van der Waals surface area contributed by atoms with Crippen LogP contribution >= 0.6 is 0 Å². The van der Waals surface area contributed by atoms with Gasteiger partial charge in [-0.25, -0.2) is 0 Å². The average molecular weight is 278 g/mol. The van der Waals surface area contributed by atoms with Crippen LogP contribution in [0.25, 0.3) is 0 Å². The van der Waals surface area contributed by atoms with Crippen molar-refractivity contribution in [3.63, 3.8) is 0 Å². The lowest BCUT2D eigenvalue weighted by Gasteiger charge is -2.14. The predicted molar refractivity (Wildman–Crippen MR) is 82.1 cm³/mol. The Morgan fingerprint density at radius 2 is 1.95 bits per heavy atom. The fraction of sp³-hybridized carbons (Fsp3) is 0.562. The topological polar surface area (TPSA) is 50.4 Å². The summed E-state index contributed by atoms with van der Waals surface area (Å²) in [5, 5.41) is 6.17. The summed E-state index contributed by atoms with van der Waals surface area (Å²) in [7, 11) is 1.66. The van der Waals surface area contributed by atoms with Gasteiger partial charge in [0.05, 0.1) is 13.2 Å². The maximum Gasteiger partial charge on any atom is 0.236 e. The summed E-state index contributed by atoms with van der Waals surface area (Å²) in [4.78, 5) is 11.8. The number of rotatable bonds is 9. The first-order valence-electron chi connectivity index (χ1n) is 7.31. The first-order valence-corrected chi connectivity index (χ1v) is 7.31. The second-order valence-electron chi connectivity index (χ2n) is 4.92. The molecule has 1 rings (SSSR count). The van der Waals surface area contributed by atoms with Crippen molar-refractivity contribution in [2.75, 3.05) is 20.2 Å². The van der Waals surface area contributed by atoms with Crippen molar-refractivity contribution in [3.05, 3.63) is 29.8 Å². The van der Waals surface area contributed by atoms with Crippen molar-refractivity contribution in [3.8, 4) is 5.75 Å². The molecule has 1 atom stereocenters. The third-order valence-electron chi connectivity index (χ3n) is 3.25. The van der Waals surface area contributed by atoms with Gasteiger partial charge in [-0.05, 0) is 44.0 Å². The van der Waals surface area contributed by atoms with Crippen molar-refractivity contribution in [2.24, 2.45) is 0 Å². The third kappa shape index (κ3) is 6.06. The van der Waals surface area contributed by atoms with Gasteiger partial charge in [-0.2, -0.15) is 0 Å². The quantitative estimate of drug-likeness (QED) is 0.680. The van der Waals surface area contributed by atoms with Crippen LogP contribution in [0, 0.1) is 0 Å². The number of amides is 1. The zero-order valence-electron chi connectivity index (χ0n) is 12.7. The number of nitrogens with one attached hydrogen (secondary N) is 2. The molecule has 0 heterocycles. The molecule has 0 saturated heterocycles. The number of methoxy groups -OCH3 is 1. The maximum atomic E-state index is 11.8. The molecule has 0 aromatic heterocycles. The van der Waals surface area contributed by atoms with Gasteiger partial charge in [0.1, 0.15) is 5.75 Å². The van der Waals surface area contributed by atoms with Gasteiger partial charge >= 0.3 is 0 Å². The minimum atomic E-state index is -0.148. The van der Waals surface area contributed by atoms with E-state index in [1.165, 1.54) is 5.56 Å². The smallest absolute Gasteiger partial charge is 0.236 e. The Kier molecular flexibility index (Phi) is 7.73. The molecule has 1 amide bonds. The number of hydrogen-bond donors (Lipinski definition) is 2. The van der Waals surface area contributed by atoms with Gasteiger partial charge in [0, 0.05) is 6.54 Å². The minimum absolute atomic E-state index is 0.0770. The molecule has 0 spiro atoms. The van der Waals surface area contributed by atoms with Gasteiger partial charge in [0.15, 0.2) is 0 Å². The molecule has 0 radical (unpaired) electrons. The lowest BCUT2D eigenvalue weighted by Crippen LogP contribution is -2.43. The summed E-state index contributed by atoms with van der Waals surface area (Å²) in [6.07, 6.45) is 3.03. The summed E-state index contributed by atoms with van der Waals surface area (Å²) in [6, 6.07) is 7.86. The fourth-order valence-electron chi connectivity index (χ4n) is 1.86. The molecule has 2 N–H and O–H groups in total. The van der Waals surface area contributed by atoms with Crippen LogP contribution in [0.5, 0.6) is 5.75 Å². The zero-order chi connectivity index (χ0) is 14.8. The Hall–Kier alpha value is -1.55. The monoisotopic (exact) mass is 278 g/mol. The van der Waals surface area contributed by atoms with E-state index in [9.17, 15) is 4.79 Å². The molecule has 20 heavy (non-hydrogen) atoms. The van der Waals surface area contributed by atoms with E-state index in [1.807, 2.05) is 31.2 Å². The van der Waals surface area contributed by atoms with Gasteiger partial charge in [-0.15, -0.1) is 0 Å². The highest BCUT2D eigenvalue weighted by atomic mass is 16.5. The van der Waals surface area contributed by atoms with Crippen molar-refractivity contribution in [2.45, 2.75) is 39.2 Å². The van der Waals surface area contributed by atoms with Gasteiger partial charge in [-0.3, -0.25) is 4.79 Å². The first-order chi connectivity index (χ1) is 9.67. The second kappa shape index (κ2) is 9.37. The maximum absolute atomic E-state index is 11.8. The van der Waals surface area contributed by atoms with Crippen LogP contribution in [0.3, 0.4) is 0 Å². The molecule has 4 nitrogen and oxygen atoms in total. The Balaban J connectivity index is 2.23. The zero-order valence-corrected chi connectivity index (χ0v) is 12.7. The van der Waals surface area contributed by atoms with Gasteiger partial charge < -0.3 is 15.4 Å². The van der Waals surface area contributed by atoms with E-state index >= 15 is 0 Å². The van der Waals surface area contributed by atoms with E-state index in [2.05, 4.69) is 17.6 Å². The van der Waals surface area contributed by atoms with E-state index in [4.69, 9.17) is 4.74 Å². The third-order valence-corrected chi connectivity index (χ3v) is 3.25.